The predicted molar refractivity (Wildman–Crippen MR) is 140 cm³/mol. The number of benzene rings is 2. The van der Waals surface area contributed by atoms with Gasteiger partial charge in [-0.3, -0.25) is 9.69 Å². The molecule has 0 unspecified atom stereocenters. The zero-order chi connectivity index (χ0) is 22.9. The van der Waals surface area contributed by atoms with Gasteiger partial charge in [0, 0.05) is 23.4 Å². The number of nitrogens with zero attached hydrogens (tertiary/aromatic N) is 3. The summed E-state index contributed by atoms with van der Waals surface area (Å²) in [5, 5.41) is 4.95. The fourth-order valence-corrected chi connectivity index (χ4v) is 6.07. The molecular weight excluding hydrogens is 446 g/mol. The highest BCUT2D eigenvalue weighted by molar-refractivity contribution is 8.26. The Morgan fingerprint density at radius 1 is 1.06 bits per heavy atom. The number of rotatable bonds is 4. The van der Waals surface area contributed by atoms with Crippen molar-refractivity contribution in [3.8, 4) is 16.9 Å². The van der Waals surface area contributed by atoms with Crippen LogP contribution in [0.5, 0.6) is 0 Å². The zero-order valence-electron chi connectivity index (χ0n) is 19.0. The topological polar surface area (TPSA) is 38.1 Å². The predicted octanol–water partition coefficient (Wildman–Crippen LogP) is 6.69. The monoisotopic (exact) mass is 473 g/mol. The van der Waals surface area contributed by atoms with E-state index in [-0.39, 0.29) is 11.9 Å². The van der Waals surface area contributed by atoms with Crippen LogP contribution in [0.2, 0.25) is 0 Å². The maximum absolute atomic E-state index is 13.4. The van der Waals surface area contributed by atoms with E-state index in [1.807, 2.05) is 52.2 Å². The Bertz CT molecular complexity index is 1240. The molecule has 2 aliphatic rings. The lowest BCUT2D eigenvalue weighted by atomic mass is 9.94. The van der Waals surface area contributed by atoms with Crippen molar-refractivity contribution >= 4 is 40.3 Å². The number of hydrogen-bond donors (Lipinski definition) is 0. The summed E-state index contributed by atoms with van der Waals surface area (Å²) in [7, 11) is 0. The normalized spacial score (nSPS) is 18.5. The van der Waals surface area contributed by atoms with Crippen molar-refractivity contribution in [2.45, 2.75) is 52.0 Å². The van der Waals surface area contributed by atoms with Gasteiger partial charge in [0.15, 0.2) is 0 Å². The third-order valence-electron chi connectivity index (χ3n) is 6.46. The summed E-state index contributed by atoms with van der Waals surface area (Å²) in [4.78, 5) is 15.9. The fourth-order valence-electron chi connectivity index (χ4n) is 4.68. The van der Waals surface area contributed by atoms with Crippen LogP contribution >= 0.6 is 24.0 Å². The van der Waals surface area contributed by atoms with Crippen molar-refractivity contribution in [2.75, 3.05) is 0 Å². The lowest BCUT2D eigenvalue weighted by Gasteiger charge is -2.29. The van der Waals surface area contributed by atoms with Gasteiger partial charge >= 0.3 is 0 Å². The molecule has 6 heteroatoms. The van der Waals surface area contributed by atoms with Crippen LogP contribution in [0.4, 0.5) is 0 Å². The first-order valence-electron chi connectivity index (χ1n) is 11.5. The van der Waals surface area contributed by atoms with Gasteiger partial charge in [-0.05, 0) is 56.5 Å². The molecule has 168 valence electrons. The Labute approximate surface area is 204 Å². The van der Waals surface area contributed by atoms with Crippen LogP contribution in [0, 0.1) is 13.8 Å². The van der Waals surface area contributed by atoms with Crippen molar-refractivity contribution in [1.29, 1.82) is 0 Å². The second kappa shape index (κ2) is 9.27. The van der Waals surface area contributed by atoms with Gasteiger partial charge in [-0.2, -0.15) is 5.10 Å². The summed E-state index contributed by atoms with van der Waals surface area (Å²) < 4.78 is 2.58. The third kappa shape index (κ3) is 4.42. The van der Waals surface area contributed by atoms with E-state index in [9.17, 15) is 4.79 Å². The Balaban J connectivity index is 1.58. The molecule has 1 aromatic heterocycles. The van der Waals surface area contributed by atoms with E-state index in [0.717, 1.165) is 40.9 Å². The SMILES string of the molecule is Cc1ccc(C)c(-c2nn(-c3ccccc3)cc2C=C2SC(=S)N(C3CCCCC3)C2=O)c1. The number of carbonyl (C=O) groups excluding carboxylic acids is 1. The van der Waals surface area contributed by atoms with Crippen LogP contribution in [-0.4, -0.2) is 30.9 Å². The van der Waals surface area contributed by atoms with Crippen molar-refractivity contribution in [3.05, 3.63) is 76.3 Å². The molecule has 1 saturated carbocycles. The number of thioether (sulfide) groups is 1. The number of thiocarbonyl (C=S) groups is 1. The van der Waals surface area contributed by atoms with Crippen molar-refractivity contribution in [2.24, 2.45) is 0 Å². The molecule has 33 heavy (non-hydrogen) atoms. The Hall–Kier alpha value is -2.70. The van der Waals surface area contributed by atoms with E-state index < -0.39 is 0 Å². The highest BCUT2D eigenvalue weighted by Gasteiger charge is 2.37. The van der Waals surface area contributed by atoms with Crippen molar-refractivity contribution in [3.63, 3.8) is 0 Å². The second-order valence-electron chi connectivity index (χ2n) is 8.88. The van der Waals surface area contributed by atoms with E-state index in [2.05, 4.69) is 32.0 Å². The molecule has 4 nitrogen and oxygen atoms in total. The number of carbonyl (C=O) groups is 1. The average molecular weight is 474 g/mol. The van der Waals surface area contributed by atoms with E-state index >= 15 is 0 Å². The summed E-state index contributed by atoms with van der Waals surface area (Å²) in [6, 6.07) is 16.7. The maximum Gasteiger partial charge on any atom is 0.266 e. The van der Waals surface area contributed by atoms with Gasteiger partial charge in [-0.1, -0.05) is 79.1 Å². The minimum atomic E-state index is 0.0382. The molecule has 3 aromatic rings. The molecule has 1 amide bonds. The lowest BCUT2D eigenvalue weighted by molar-refractivity contribution is -0.124. The molecule has 0 bridgehead atoms. The van der Waals surface area contributed by atoms with E-state index in [1.165, 1.54) is 36.6 Å². The quantitative estimate of drug-likeness (QED) is 0.312. The van der Waals surface area contributed by atoms with Gasteiger partial charge in [0.2, 0.25) is 0 Å². The molecular formula is C27H27N3OS2. The van der Waals surface area contributed by atoms with Gasteiger partial charge in [-0.25, -0.2) is 4.68 Å². The lowest BCUT2D eigenvalue weighted by Crippen LogP contribution is -2.39. The Morgan fingerprint density at radius 2 is 1.82 bits per heavy atom. The molecule has 1 saturated heterocycles. The van der Waals surface area contributed by atoms with E-state index in [0.29, 0.717) is 9.23 Å². The third-order valence-corrected chi connectivity index (χ3v) is 7.79. The highest BCUT2D eigenvalue weighted by Crippen LogP contribution is 2.39. The zero-order valence-corrected chi connectivity index (χ0v) is 20.6. The standard InChI is InChI=1S/C27H27N3OS2/c1-18-13-14-19(2)23(15-18)25-20(17-29(28-25)21-9-5-3-6-10-21)16-24-26(31)30(27(32)33-24)22-11-7-4-8-12-22/h3,5-6,9-10,13-17,22H,4,7-8,11-12H2,1-2H3. The number of para-hydroxylation sites is 1. The molecule has 5 rings (SSSR count). The summed E-state index contributed by atoms with van der Waals surface area (Å²) in [6.45, 7) is 4.19. The fraction of sp³-hybridized carbons (Fsp3) is 0.296. The minimum Gasteiger partial charge on any atom is -0.290 e. The van der Waals surface area contributed by atoms with Gasteiger partial charge < -0.3 is 0 Å². The molecule has 1 aliphatic carbocycles. The number of hydrogen-bond acceptors (Lipinski definition) is 4. The van der Waals surface area contributed by atoms with Crippen LogP contribution in [0.15, 0.2) is 59.6 Å². The number of amides is 1. The van der Waals surface area contributed by atoms with Crippen LogP contribution in [-0.2, 0) is 4.79 Å². The van der Waals surface area contributed by atoms with Crippen LogP contribution < -0.4 is 0 Å². The van der Waals surface area contributed by atoms with Gasteiger partial charge in [0.05, 0.1) is 10.6 Å². The van der Waals surface area contributed by atoms with Crippen LogP contribution in [0.25, 0.3) is 23.0 Å². The van der Waals surface area contributed by atoms with E-state index in [1.54, 1.807) is 0 Å². The Kier molecular flexibility index (Phi) is 6.21. The smallest absolute Gasteiger partial charge is 0.266 e. The number of aromatic nitrogens is 2. The second-order valence-corrected chi connectivity index (χ2v) is 10.6. The summed E-state index contributed by atoms with van der Waals surface area (Å²) in [5.74, 6) is 0.0382. The average Bonchev–Trinajstić information content (AvgIpc) is 3.37. The van der Waals surface area contributed by atoms with E-state index in [4.69, 9.17) is 17.3 Å². The molecule has 2 fully saturated rings. The molecule has 1 aliphatic heterocycles. The summed E-state index contributed by atoms with van der Waals surface area (Å²) in [6.07, 6.45) is 9.66. The van der Waals surface area contributed by atoms with Gasteiger partial charge in [0.25, 0.3) is 5.91 Å². The first-order chi connectivity index (χ1) is 16.0. The molecule has 2 aromatic carbocycles. The van der Waals surface area contributed by atoms with Crippen molar-refractivity contribution in [1.82, 2.24) is 14.7 Å². The largest absolute Gasteiger partial charge is 0.290 e. The molecule has 2 heterocycles. The Morgan fingerprint density at radius 3 is 2.58 bits per heavy atom. The van der Waals surface area contributed by atoms with Gasteiger partial charge in [0.1, 0.15) is 10.0 Å². The van der Waals surface area contributed by atoms with Crippen LogP contribution in [0.3, 0.4) is 0 Å². The summed E-state index contributed by atoms with van der Waals surface area (Å²) >= 11 is 7.06. The highest BCUT2D eigenvalue weighted by atomic mass is 32.2. The van der Waals surface area contributed by atoms with Gasteiger partial charge in [-0.15, -0.1) is 0 Å². The molecule has 0 atom stereocenters. The van der Waals surface area contributed by atoms with Crippen LogP contribution in [0.1, 0.15) is 48.8 Å². The first-order valence-corrected chi connectivity index (χ1v) is 12.7. The van der Waals surface area contributed by atoms with Crippen molar-refractivity contribution < 1.29 is 4.79 Å². The maximum atomic E-state index is 13.4. The summed E-state index contributed by atoms with van der Waals surface area (Å²) in [5.41, 5.74) is 6.21. The molecule has 0 spiro atoms. The number of aryl methyl sites for hydroxylation is 2. The minimum absolute atomic E-state index is 0.0382. The first kappa shape index (κ1) is 22.1. The molecule has 0 radical (unpaired) electrons. The molecule has 0 N–H and O–H groups in total.